The van der Waals surface area contributed by atoms with Crippen molar-refractivity contribution in [3.8, 4) is 11.7 Å². The highest BCUT2D eigenvalue weighted by Gasteiger charge is 2.13. The first kappa shape index (κ1) is 14.6. The predicted octanol–water partition coefficient (Wildman–Crippen LogP) is 2.28. The highest BCUT2D eigenvalue weighted by Crippen LogP contribution is 2.23. The molecule has 2 rings (SSSR count). The summed E-state index contributed by atoms with van der Waals surface area (Å²) in [6.45, 7) is 1.75. The van der Waals surface area contributed by atoms with Gasteiger partial charge in [-0.2, -0.15) is 0 Å². The highest BCUT2D eigenvalue weighted by molar-refractivity contribution is 5.93. The molecule has 1 amide bonds. The maximum Gasteiger partial charge on any atom is 0.325 e. The van der Waals surface area contributed by atoms with Gasteiger partial charge in [0.25, 0.3) is 11.9 Å². The zero-order valence-corrected chi connectivity index (χ0v) is 11.7. The van der Waals surface area contributed by atoms with E-state index >= 15 is 0 Å². The highest BCUT2D eigenvalue weighted by atomic mass is 16.6. The Hall–Kier alpha value is -2.76. The number of benzene rings is 1. The van der Waals surface area contributed by atoms with Crippen LogP contribution in [-0.4, -0.2) is 25.5 Å². The van der Waals surface area contributed by atoms with E-state index in [9.17, 15) is 9.59 Å². The Morgan fingerprint density at radius 3 is 2.52 bits per heavy atom. The van der Waals surface area contributed by atoms with Crippen LogP contribution in [0.3, 0.4) is 0 Å². The number of esters is 1. The number of carbonyl (C=O) groups excluding carboxylic acids is 2. The second-order valence-corrected chi connectivity index (χ2v) is 4.29. The van der Waals surface area contributed by atoms with Crippen molar-refractivity contribution in [2.45, 2.75) is 6.92 Å². The van der Waals surface area contributed by atoms with Gasteiger partial charge in [0.05, 0.1) is 7.11 Å². The SMILES string of the molecule is COC(=O)CNC(=O)c1ccc(Oc2ccc(C)cc2)o1. The molecule has 0 atom stereocenters. The Balaban J connectivity index is 1.96. The number of carbonyl (C=O) groups is 2. The largest absolute Gasteiger partial charge is 0.468 e. The van der Waals surface area contributed by atoms with Gasteiger partial charge < -0.3 is 19.2 Å². The summed E-state index contributed by atoms with van der Waals surface area (Å²) in [4.78, 5) is 22.6. The Bertz CT molecular complexity index is 630. The quantitative estimate of drug-likeness (QED) is 0.854. The van der Waals surface area contributed by atoms with E-state index in [4.69, 9.17) is 9.15 Å². The lowest BCUT2D eigenvalue weighted by Gasteiger charge is -2.03. The van der Waals surface area contributed by atoms with Crippen molar-refractivity contribution in [3.05, 3.63) is 47.7 Å². The molecule has 0 bridgehead atoms. The first-order valence-electron chi connectivity index (χ1n) is 6.28. The van der Waals surface area contributed by atoms with Crippen LogP contribution in [0.1, 0.15) is 16.1 Å². The van der Waals surface area contributed by atoms with Gasteiger partial charge in [-0.3, -0.25) is 9.59 Å². The van der Waals surface area contributed by atoms with Crippen LogP contribution in [0.5, 0.6) is 11.7 Å². The second-order valence-electron chi connectivity index (χ2n) is 4.29. The maximum atomic E-state index is 11.7. The Labute approximate surface area is 121 Å². The van der Waals surface area contributed by atoms with Crippen LogP contribution in [0.2, 0.25) is 0 Å². The summed E-state index contributed by atoms with van der Waals surface area (Å²) in [6, 6.07) is 10.4. The molecule has 1 heterocycles. The van der Waals surface area contributed by atoms with Crippen LogP contribution < -0.4 is 10.1 Å². The monoisotopic (exact) mass is 289 g/mol. The fourth-order valence-electron chi connectivity index (χ4n) is 1.53. The Kier molecular flexibility index (Phi) is 4.61. The smallest absolute Gasteiger partial charge is 0.325 e. The summed E-state index contributed by atoms with van der Waals surface area (Å²) in [5.74, 6) is -0.190. The molecule has 2 aromatic rings. The van der Waals surface area contributed by atoms with Gasteiger partial charge in [-0.1, -0.05) is 17.7 Å². The molecule has 21 heavy (non-hydrogen) atoms. The van der Waals surface area contributed by atoms with Crippen molar-refractivity contribution in [1.82, 2.24) is 5.32 Å². The molecule has 0 aliphatic carbocycles. The number of amides is 1. The van der Waals surface area contributed by atoms with E-state index in [1.54, 1.807) is 12.1 Å². The number of rotatable bonds is 5. The second kappa shape index (κ2) is 6.60. The molecule has 1 aromatic carbocycles. The Morgan fingerprint density at radius 2 is 1.86 bits per heavy atom. The van der Waals surface area contributed by atoms with Crippen molar-refractivity contribution in [1.29, 1.82) is 0 Å². The fraction of sp³-hybridized carbons (Fsp3) is 0.200. The number of nitrogens with one attached hydrogen (secondary N) is 1. The van der Waals surface area contributed by atoms with Gasteiger partial charge in [0.2, 0.25) is 0 Å². The molecule has 0 fully saturated rings. The molecule has 6 nitrogen and oxygen atoms in total. The van der Waals surface area contributed by atoms with Crippen LogP contribution in [0.15, 0.2) is 40.8 Å². The van der Waals surface area contributed by atoms with Crippen molar-refractivity contribution < 1.29 is 23.5 Å². The van der Waals surface area contributed by atoms with Crippen molar-refractivity contribution in [2.75, 3.05) is 13.7 Å². The minimum Gasteiger partial charge on any atom is -0.468 e. The summed E-state index contributed by atoms with van der Waals surface area (Å²) in [5.41, 5.74) is 1.12. The molecule has 1 N–H and O–H groups in total. The molecule has 0 radical (unpaired) electrons. The average Bonchev–Trinajstić information content (AvgIpc) is 2.95. The topological polar surface area (TPSA) is 77.8 Å². The zero-order valence-electron chi connectivity index (χ0n) is 11.7. The summed E-state index contributed by atoms with van der Waals surface area (Å²) < 4.78 is 15.2. The minimum atomic E-state index is -0.536. The zero-order chi connectivity index (χ0) is 15.2. The van der Waals surface area contributed by atoms with Gasteiger partial charge in [0, 0.05) is 6.07 Å². The summed E-state index contributed by atoms with van der Waals surface area (Å²) in [6.07, 6.45) is 0. The molecule has 0 spiro atoms. The number of furan rings is 1. The number of methoxy groups -OCH3 is 1. The van der Waals surface area contributed by atoms with Gasteiger partial charge in [-0.05, 0) is 25.1 Å². The Morgan fingerprint density at radius 1 is 1.14 bits per heavy atom. The predicted molar refractivity (Wildman–Crippen MR) is 74.3 cm³/mol. The van der Waals surface area contributed by atoms with Crippen molar-refractivity contribution in [2.24, 2.45) is 0 Å². The molecule has 6 heteroatoms. The van der Waals surface area contributed by atoms with Gasteiger partial charge in [-0.15, -0.1) is 0 Å². The first-order chi connectivity index (χ1) is 10.1. The van der Waals surface area contributed by atoms with E-state index in [1.807, 2.05) is 19.1 Å². The summed E-state index contributed by atoms with van der Waals surface area (Å²) >= 11 is 0. The maximum absolute atomic E-state index is 11.7. The van der Waals surface area contributed by atoms with E-state index in [0.29, 0.717) is 5.75 Å². The van der Waals surface area contributed by atoms with Crippen LogP contribution in [0.25, 0.3) is 0 Å². The lowest BCUT2D eigenvalue weighted by Crippen LogP contribution is -2.29. The average molecular weight is 289 g/mol. The number of aryl methyl sites for hydroxylation is 1. The van der Waals surface area contributed by atoms with Gasteiger partial charge in [0.1, 0.15) is 12.3 Å². The van der Waals surface area contributed by atoms with Crippen LogP contribution in [0, 0.1) is 6.92 Å². The number of ether oxygens (including phenoxy) is 2. The van der Waals surface area contributed by atoms with E-state index in [0.717, 1.165) is 5.56 Å². The molecule has 0 saturated heterocycles. The van der Waals surface area contributed by atoms with Crippen molar-refractivity contribution in [3.63, 3.8) is 0 Å². The van der Waals surface area contributed by atoms with Gasteiger partial charge >= 0.3 is 5.97 Å². The van der Waals surface area contributed by atoms with Crippen LogP contribution in [0.4, 0.5) is 0 Å². The molecule has 0 aliphatic heterocycles. The summed E-state index contributed by atoms with van der Waals surface area (Å²) in [5, 5.41) is 2.37. The normalized spacial score (nSPS) is 10.0. The van der Waals surface area contributed by atoms with Gasteiger partial charge in [0.15, 0.2) is 5.76 Å². The third kappa shape index (κ3) is 4.10. The van der Waals surface area contributed by atoms with E-state index in [1.165, 1.54) is 19.2 Å². The number of hydrogen-bond donors (Lipinski definition) is 1. The summed E-state index contributed by atoms with van der Waals surface area (Å²) in [7, 11) is 1.24. The minimum absolute atomic E-state index is 0.0565. The molecular weight excluding hydrogens is 274 g/mol. The first-order valence-corrected chi connectivity index (χ1v) is 6.28. The van der Waals surface area contributed by atoms with E-state index in [-0.39, 0.29) is 18.3 Å². The van der Waals surface area contributed by atoms with E-state index in [2.05, 4.69) is 10.1 Å². The lowest BCUT2D eigenvalue weighted by atomic mass is 10.2. The standard InChI is InChI=1S/C15H15NO5/c1-10-3-5-11(6-4-10)20-14-8-7-12(21-14)15(18)16-9-13(17)19-2/h3-8H,9H2,1-2H3,(H,16,18). The lowest BCUT2D eigenvalue weighted by molar-refractivity contribution is -0.139. The van der Waals surface area contributed by atoms with Crippen molar-refractivity contribution >= 4 is 11.9 Å². The van der Waals surface area contributed by atoms with Gasteiger partial charge in [-0.25, -0.2) is 0 Å². The van der Waals surface area contributed by atoms with Crippen LogP contribution in [-0.2, 0) is 9.53 Å². The molecule has 1 aromatic heterocycles. The third-order valence-electron chi connectivity index (χ3n) is 2.67. The molecule has 0 aliphatic rings. The molecule has 0 unspecified atom stereocenters. The van der Waals surface area contributed by atoms with E-state index < -0.39 is 11.9 Å². The molecular formula is C15H15NO5. The third-order valence-corrected chi connectivity index (χ3v) is 2.67. The molecule has 110 valence electrons. The van der Waals surface area contributed by atoms with Crippen LogP contribution >= 0.6 is 0 Å². The molecule has 0 saturated carbocycles. The number of hydrogen-bond acceptors (Lipinski definition) is 5. The fourth-order valence-corrected chi connectivity index (χ4v) is 1.53.